The Morgan fingerprint density at radius 3 is 2.17 bits per heavy atom. The molecule has 0 unspecified atom stereocenters. The Balaban J connectivity index is 0.00000451. The van der Waals surface area contributed by atoms with E-state index in [-0.39, 0.29) is 36.0 Å². The fourth-order valence-electron chi connectivity index (χ4n) is 7.29. The smallest absolute Gasteiger partial charge is 0.254 e. The quantitative estimate of drug-likeness (QED) is 0.390. The van der Waals surface area contributed by atoms with Crippen LogP contribution in [-0.4, -0.2) is 114 Å². The van der Waals surface area contributed by atoms with E-state index < -0.39 is 17.7 Å². The standard InChI is InChI=1S/C36H48N4O7.ClH/c1-2-3-16-40-34(43)31(32(41)27-12-21-45-22-13-27)37-35(44)36(40)14-17-38(18-15-36)25-26-4-8-29(9-5-26)47-30-10-6-28(7-11-30)33(42)39-19-23-46-24-20-39;/h4-11,27,31-32,41H,2-3,12-25H2,1H3,(H,37,44);1H/t31-,32-;/m1./s1. The predicted octanol–water partition coefficient (Wildman–Crippen LogP) is 3.62. The van der Waals surface area contributed by atoms with Gasteiger partial charge in [0.1, 0.15) is 23.1 Å². The average molecular weight is 685 g/mol. The molecule has 12 heteroatoms. The van der Waals surface area contributed by atoms with Crippen LogP contribution in [0.1, 0.15) is 61.4 Å². The van der Waals surface area contributed by atoms with Gasteiger partial charge in [-0.1, -0.05) is 25.5 Å². The summed E-state index contributed by atoms with van der Waals surface area (Å²) < 4.78 is 16.8. The fourth-order valence-corrected chi connectivity index (χ4v) is 7.29. The second-order valence-corrected chi connectivity index (χ2v) is 13.2. The summed E-state index contributed by atoms with van der Waals surface area (Å²) in [6.07, 6.45) is 3.31. The molecule has 0 aliphatic carbocycles. The van der Waals surface area contributed by atoms with E-state index >= 15 is 0 Å². The van der Waals surface area contributed by atoms with E-state index in [9.17, 15) is 19.5 Å². The van der Waals surface area contributed by atoms with Gasteiger partial charge in [-0.25, -0.2) is 0 Å². The highest BCUT2D eigenvalue weighted by molar-refractivity contribution is 6.00. The van der Waals surface area contributed by atoms with Gasteiger partial charge < -0.3 is 34.4 Å². The second-order valence-electron chi connectivity index (χ2n) is 13.2. The number of unbranched alkanes of at least 4 members (excludes halogenated alkanes) is 1. The summed E-state index contributed by atoms with van der Waals surface area (Å²) in [6.45, 7) is 8.19. The lowest BCUT2D eigenvalue weighted by Crippen LogP contribution is -2.75. The topological polar surface area (TPSA) is 121 Å². The van der Waals surface area contributed by atoms with E-state index in [4.69, 9.17) is 14.2 Å². The number of piperazine rings is 1. The molecule has 3 amide bonds. The third-order valence-electron chi connectivity index (χ3n) is 10.2. The van der Waals surface area contributed by atoms with Gasteiger partial charge in [0.2, 0.25) is 11.8 Å². The zero-order valence-electron chi connectivity index (χ0n) is 27.8. The number of benzene rings is 2. The molecule has 0 bridgehead atoms. The highest BCUT2D eigenvalue weighted by Gasteiger charge is 2.55. The minimum absolute atomic E-state index is 0. The van der Waals surface area contributed by atoms with Crippen molar-refractivity contribution in [1.29, 1.82) is 0 Å². The Kier molecular flexibility index (Phi) is 12.4. The number of rotatable bonds is 10. The van der Waals surface area contributed by atoms with E-state index in [1.807, 2.05) is 41.3 Å². The summed E-state index contributed by atoms with van der Waals surface area (Å²) >= 11 is 0. The number of nitrogens with one attached hydrogen (secondary N) is 1. The van der Waals surface area contributed by atoms with E-state index in [0.29, 0.717) is 102 Å². The van der Waals surface area contributed by atoms with Crippen LogP contribution in [0, 0.1) is 5.92 Å². The summed E-state index contributed by atoms with van der Waals surface area (Å²) in [5, 5.41) is 14.1. The van der Waals surface area contributed by atoms with Gasteiger partial charge in [0, 0.05) is 58.0 Å². The van der Waals surface area contributed by atoms with Crippen molar-refractivity contribution in [3.05, 3.63) is 59.7 Å². The number of hydrogen-bond acceptors (Lipinski definition) is 8. The van der Waals surface area contributed by atoms with Gasteiger partial charge in [-0.05, 0) is 80.0 Å². The third kappa shape index (κ3) is 7.97. The highest BCUT2D eigenvalue weighted by Crippen LogP contribution is 2.36. The Morgan fingerprint density at radius 1 is 0.938 bits per heavy atom. The van der Waals surface area contributed by atoms with Crippen LogP contribution in [0.2, 0.25) is 0 Å². The van der Waals surface area contributed by atoms with Gasteiger partial charge in [-0.3, -0.25) is 19.3 Å². The van der Waals surface area contributed by atoms with Crippen LogP contribution in [0.15, 0.2) is 48.5 Å². The molecule has 0 radical (unpaired) electrons. The second kappa shape index (κ2) is 16.5. The number of aliphatic hydroxyl groups excluding tert-OH is 1. The van der Waals surface area contributed by atoms with Crippen molar-refractivity contribution < 1.29 is 33.7 Å². The maximum atomic E-state index is 13.9. The molecule has 4 aliphatic rings. The molecule has 0 saturated carbocycles. The van der Waals surface area contributed by atoms with Gasteiger partial charge in [0.15, 0.2) is 0 Å². The summed E-state index contributed by atoms with van der Waals surface area (Å²) in [7, 11) is 0. The maximum Gasteiger partial charge on any atom is 0.254 e. The molecular formula is C36H49ClN4O7. The molecule has 2 atom stereocenters. The molecule has 6 rings (SSSR count). The lowest BCUT2D eigenvalue weighted by molar-refractivity contribution is -0.166. The largest absolute Gasteiger partial charge is 0.457 e. The first kappa shape index (κ1) is 36.1. The summed E-state index contributed by atoms with van der Waals surface area (Å²) in [5.74, 6) is 1.03. The minimum atomic E-state index is -0.909. The number of nitrogens with zero attached hydrogens (tertiary/aromatic N) is 3. The van der Waals surface area contributed by atoms with Gasteiger partial charge in [-0.15, -0.1) is 12.4 Å². The molecule has 2 N–H and O–H groups in total. The summed E-state index contributed by atoms with van der Waals surface area (Å²) in [4.78, 5) is 46.3. The van der Waals surface area contributed by atoms with Crippen LogP contribution in [0.3, 0.4) is 0 Å². The van der Waals surface area contributed by atoms with Crippen molar-refractivity contribution in [2.24, 2.45) is 5.92 Å². The van der Waals surface area contributed by atoms with E-state index in [1.165, 1.54) is 0 Å². The molecule has 11 nitrogen and oxygen atoms in total. The average Bonchev–Trinajstić information content (AvgIpc) is 3.12. The summed E-state index contributed by atoms with van der Waals surface area (Å²) in [5.41, 5.74) is 0.884. The van der Waals surface area contributed by atoms with Gasteiger partial charge in [-0.2, -0.15) is 0 Å². The number of hydrogen-bond donors (Lipinski definition) is 2. The Hall–Kier alpha value is -3.22. The molecule has 4 aliphatic heterocycles. The van der Waals surface area contributed by atoms with Crippen molar-refractivity contribution in [1.82, 2.24) is 20.0 Å². The van der Waals surface area contributed by atoms with Crippen molar-refractivity contribution in [3.63, 3.8) is 0 Å². The number of aliphatic hydroxyl groups is 1. The highest BCUT2D eigenvalue weighted by atomic mass is 35.5. The van der Waals surface area contributed by atoms with Crippen LogP contribution in [0.4, 0.5) is 0 Å². The van der Waals surface area contributed by atoms with Crippen LogP contribution in [0.5, 0.6) is 11.5 Å². The number of halogens is 1. The maximum absolute atomic E-state index is 13.9. The number of ether oxygens (including phenoxy) is 3. The zero-order valence-corrected chi connectivity index (χ0v) is 28.6. The molecule has 0 aromatic heterocycles. The zero-order chi connectivity index (χ0) is 32.8. The molecule has 2 aromatic carbocycles. The molecule has 262 valence electrons. The van der Waals surface area contributed by atoms with E-state index in [0.717, 1.165) is 24.9 Å². The Morgan fingerprint density at radius 2 is 1.54 bits per heavy atom. The molecule has 2 aromatic rings. The van der Waals surface area contributed by atoms with Crippen LogP contribution >= 0.6 is 12.4 Å². The normalized spacial score (nSPS) is 22.6. The number of carbonyl (C=O) groups is 3. The van der Waals surface area contributed by atoms with Crippen LogP contribution in [0.25, 0.3) is 0 Å². The molecule has 4 fully saturated rings. The lowest BCUT2D eigenvalue weighted by Gasteiger charge is -2.52. The number of amides is 3. The Bertz CT molecular complexity index is 1370. The SMILES string of the molecule is CCCCN1C(=O)[C@@H]([C@H](O)C2CCOCC2)NC(=O)C12CCN(Cc1ccc(Oc3ccc(C(=O)N4CCOCC4)cc3)cc1)CC2.Cl. The van der Waals surface area contributed by atoms with Crippen molar-refractivity contribution in [3.8, 4) is 11.5 Å². The van der Waals surface area contributed by atoms with Crippen molar-refractivity contribution >= 4 is 30.1 Å². The van der Waals surface area contributed by atoms with Crippen LogP contribution < -0.4 is 10.1 Å². The molecule has 4 heterocycles. The Labute approximate surface area is 289 Å². The van der Waals surface area contributed by atoms with Crippen LogP contribution in [-0.2, 0) is 25.6 Å². The first-order valence-corrected chi connectivity index (χ1v) is 17.2. The summed E-state index contributed by atoms with van der Waals surface area (Å²) in [6, 6.07) is 14.3. The molecular weight excluding hydrogens is 636 g/mol. The van der Waals surface area contributed by atoms with Crippen molar-refractivity contribution in [2.45, 2.75) is 69.7 Å². The molecule has 48 heavy (non-hydrogen) atoms. The van der Waals surface area contributed by atoms with Gasteiger partial charge in [0.25, 0.3) is 5.91 Å². The fraction of sp³-hybridized carbons (Fsp3) is 0.583. The monoisotopic (exact) mass is 684 g/mol. The minimum Gasteiger partial charge on any atom is -0.457 e. The number of piperidine rings is 1. The van der Waals surface area contributed by atoms with Crippen molar-refractivity contribution in [2.75, 3.05) is 59.2 Å². The number of likely N-dealkylation sites (tertiary alicyclic amines) is 1. The van der Waals surface area contributed by atoms with E-state index in [1.54, 1.807) is 17.0 Å². The first-order valence-electron chi connectivity index (χ1n) is 17.2. The number of morpholine rings is 1. The molecule has 1 spiro atoms. The van der Waals surface area contributed by atoms with Gasteiger partial charge >= 0.3 is 0 Å². The lowest BCUT2D eigenvalue weighted by atomic mass is 9.79. The van der Waals surface area contributed by atoms with E-state index in [2.05, 4.69) is 17.1 Å². The number of carbonyl (C=O) groups excluding carboxylic acids is 3. The molecule has 4 saturated heterocycles. The first-order chi connectivity index (χ1) is 22.9. The predicted molar refractivity (Wildman–Crippen MR) is 182 cm³/mol. The third-order valence-corrected chi connectivity index (χ3v) is 10.2. The van der Waals surface area contributed by atoms with Gasteiger partial charge in [0.05, 0.1) is 19.3 Å².